The Kier molecular flexibility index (Phi) is 8.04. The normalized spacial score (nSPS) is 25.8. The van der Waals surface area contributed by atoms with Gasteiger partial charge in [0.15, 0.2) is 17.0 Å². The molecule has 3 aliphatic rings. The van der Waals surface area contributed by atoms with Crippen LogP contribution in [-0.2, 0) is 4.74 Å². The molecular weight excluding hydrogens is 440 g/mol. The molecule has 0 amide bonds. The molecule has 2 aromatic heterocycles. The highest BCUT2D eigenvalue weighted by atomic mass is 16.5. The van der Waals surface area contributed by atoms with Crippen LogP contribution >= 0.6 is 0 Å². The van der Waals surface area contributed by atoms with E-state index in [4.69, 9.17) is 25.4 Å². The summed E-state index contributed by atoms with van der Waals surface area (Å²) in [4.78, 5) is 14.7. The fraction of sp³-hybridized carbons (Fsp3) is 0.808. The molecule has 1 saturated heterocycles. The number of rotatable bonds is 9. The summed E-state index contributed by atoms with van der Waals surface area (Å²) in [7, 11) is 1.86. The van der Waals surface area contributed by atoms with E-state index in [1.807, 2.05) is 13.4 Å². The average molecular weight is 485 g/mol. The predicted octanol–water partition coefficient (Wildman–Crippen LogP) is 4.48. The van der Waals surface area contributed by atoms with E-state index in [2.05, 4.69) is 27.2 Å². The first kappa shape index (κ1) is 24.7. The molecule has 0 bridgehead atoms. The molecule has 1 unspecified atom stereocenters. The summed E-state index contributed by atoms with van der Waals surface area (Å²) >= 11 is 0. The van der Waals surface area contributed by atoms with Gasteiger partial charge in [-0.05, 0) is 63.7 Å². The van der Waals surface area contributed by atoms with E-state index in [9.17, 15) is 0 Å². The molecule has 1 atom stereocenters. The third-order valence-corrected chi connectivity index (χ3v) is 8.45. The lowest BCUT2D eigenvalue weighted by molar-refractivity contribution is 0.0193. The van der Waals surface area contributed by atoms with Gasteiger partial charge in [0.05, 0.1) is 12.4 Å². The van der Waals surface area contributed by atoms with Gasteiger partial charge in [-0.25, -0.2) is 9.99 Å². The van der Waals surface area contributed by atoms with Gasteiger partial charge in [0.25, 0.3) is 0 Å². The van der Waals surface area contributed by atoms with Crippen molar-refractivity contribution in [3.8, 4) is 0 Å². The van der Waals surface area contributed by atoms with Crippen LogP contribution < -0.4 is 16.5 Å². The fourth-order valence-corrected chi connectivity index (χ4v) is 6.32. The van der Waals surface area contributed by atoms with Crippen molar-refractivity contribution in [3.63, 3.8) is 0 Å². The van der Waals surface area contributed by atoms with Crippen molar-refractivity contribution in [1.82, 2.24) is 24.5 Å². The number of nitrogens with two attached hydrogens (primary N) is 1. The van der Waals surface area contributed by atoms with Gasteiger partial charge in [0, 0.05) is 38.3 Å². The molecule has 4 N–H and O–H groups in total. The third kappa shape index (κ3) is 5.73. The number of piperidine rings is 1. The largest absolute Gasteiger partial charge is 0.381 e. The van der Waals surface area contributed by atoms with E-state index in [-0.39, 0.29) is 0 Å². The Balaban J connectivity index is 1.34. The maximum Gasteiger partial charge on any atom is 0.227 e. The van der Waals surface area contributed by atoms with Gasteiger partial charge in [0.1, 0.15) is 0 Å². The molecule has 3 fully saturated rings. The molecular formula is C26H44N8O. The summed E-state index contributed by atoms with van der Waals surface area (Å²) in [5.74, 6) is 2.15. The smallest absolute Gasteiger partial charge is 0.227 e. The SMILES string of the molecule is CCCC(OC)C1CCN(Nc2nc(NC3CCC(N)CC3)nc3c2ncn3C2CCCC2)CC1. The zero-order valence-electron chi connectivity index (χ0n) is 21.6. The number of anilines is 2. The summed E-state index contributed by atoms with van der Waals surface area (Å²) in [6.45, 7) is 4.19. The monoisotopic (exact) mass is 484 g/mol. The first-order valence-electron chi connectivity index (χ1n) is 14.0. The maximum absolute atomic E-state index is 6.13. The van der Waals surface area contributed by atoms with Crippen LogP contribution in [0.4, 0.5) is 11.8 Å². The Labute approximate surface area is 209 Å². The summed E-state index contributed by atoms with van der Waals surface area (Å²) in [5, 5.41) is 5.93. The Bertz CT molecular complexity index is 942. The molecule has 35 heavy (non-hydrogen) atoms. The molecule has 2 aromatic rings. The molecule has 0 radical (unpaired) electrons. The van der Waals surface area contributed by atoms with Gasteiger partial charge < -0.3 is 25.8 Å². The number of ether oxygens (including phenoxy) is 1. The minimum Gasteiger partial charge on any atom is -0.381 e. The third-order valence-electron chi connectivity index (χ3n) is 8.45. The van der Waals surface area contributed by atoms with Crippen LogP contribution in [-0.4, -0.2) is 62.9 Å². The molecule has 5 rings (SSSR count). The number of methoxy groups -OCH3 is 1. The molecule has 194 valence electrons. The number of hydrazine groups is 1. The Morgan fingerprint density at radius 1 is 1.06 bits per heavy atom. The second-order valence-corrected chi connectivity index (χ2v) is 10.9. The summed E-state index contributed by atoms with van der Waals surface area (Å²) < 4.78 is 8.09. The Hall–Kier alpha value is -1.97. The molecule has 9 nitrogen and oxygen atoms in total. The Morgan fingerprint density at radius 2 is 1.80 bits per heavy atom. The first-order valence-corrected chi connectivity index (χ1v) is 14.0. The van der Waals surface area contributed by atoms with Crippen LogP contribution in [0.1, 0.15) is 90.0 Å². The maximum atomic E-state index is 6.13. The number of hydrogen-bond donors (Lipinski definition) is 3. The highest BCUT2D eigenvalue weighted by molar-refractivity contribution is 5.84. The lowest BCUT2D eigenvalue weighted by Crippen LogP contribution is -2.41. The molecule has 2 saturated carbocycles. The van der Waals surface area contributed by atoms with Crippen molar-refractivity contribution >= 4 is 22.9 Å². The van der Waals surface area contributed by atoms with Crippen LogP contribution in [0.3, 0.4) is 0 Å². The topological polar surface area (TPSA) is 106 Å². The van der Waals surface area contributed by atoms with Crippen molar-refractivity contribution in [3.05, 3.63) is 6.33 Å². The van der Waals surface area contributed by atoms with Crippen molar-refractivity contribution in [1.29, 1.82) is 0 Å². The van der Waals surface area contributed by atoms with Crippen molar-refractivity contribution in [2.75, 3.05) is 30.9 Å². The fourth-order valence-electron chi connectivity index (χ4n) is 6.32. The lowest BCUT2D eigenvalue weighted by Gasteiger charge is -2.35. The summed E-state index contributed by atoms with van der Waals surface area (Å²) in [6.07, 6.45) is 16.1. The number of nitrogens with one attached hydrogen (secondary N) is 2. The molecule has 1 aliphatic heterocycles. The molecule has 0 aromatic carbocycles. The minimum atomic E-state index is 0.329. The van der Waals surface area contributed by atoms with E-state index in [1.54, 1.807) is 0 Å². The van der Waals surface area contributed by atoms with Gasteiger partial charge in [-0.3, -0.25) is 0 Å². The number of aromatic nitrogens is 4. The number of hydrogen-bond acceptors (Lipinski definition) is 8. The van der Waals surface area contributed by atoms with Gasteiger partial charge in [-0.15, -0.1) is 0 Å². The highest BCUT2D eigenvalue weighted by Crippen LogP contribution is 2.34. The van der Waals surface area contributed by atoms with Gasteiger partial charge in [-0.2, -0.15) is 9.97 Å². The zero-order valence-corrected chi connectivity index (χ0v) is 21.6. The van der Waals surface area contributed by atoms with Crippen LogP contribution in [0.5, 0.6) is 0 Å². The number of fused-ring (bicyclic) bond motifs is 1. The van der Waals surface area contributed by atoms with Gasteiger partial charge in [0.2, 0.25) is 5.95 Å². The average Bonchev–Trinajstić information content (AvgIpc) is 3.55. The Morgan fingerprint density at radius 3 is 2.49 bits per heavy atom. The molecule has 3 heterocycles. The molecule has 2 aliphatic carbocycles. The van der Waals surface area contributed by atoms with Crippen LogP contribution in [0, 0.1) is 5.92 Å². The van der Waals surface area contributed by atoms with E-state index in [1.165, 1.54) is 32.1 Å². The van der Waals surface area contributed by atoms with Crippen LogP contribution in [0.25, 0.3) is 11.2 Å². The lowest BCUT2D eigenvalue weighted by atomic mass is 9.89. The highest BCUT2D eigenvalue weighted by Gasteiger charge is 2.28. The standard InChI is InChI=1S/C26H44N8O/c1-3-6-22(35-2)18-13-15-33(16-14-18)32-24-23-25(34(17-28-23)21-7-4-5-8-21)31-26(30-24)29-20-11-9-19(27)10-12-20/h17-22H,3-16,27H2,1-2H3,(H2,29,30,31,32). The van der Waals surface area contributed by atoms with E-state index >= 15 is 0 Å². The first-order chi connectivity index (χ1) is 17.1. The summed E-state index contributed by atoms with van der Waals surface area (Å²) in [5.41, 5.74) is 11.6. The van der Waals surface area contributed by atoms with E-state index in [0.29, 0.717) is 36.1 Å². The number of imidazole rings is 1. The second kappa shape index (κ2) is 11.4. The predicted molar refractivity (Wildman–Crippen MR) is 140 cm³/mol. The van der Waals surface area contributed by atoms with E-state index < -0.39 is 0 Å². The molecule has 0 spiro atoms. The van der Waals surface area contributed by atoms with Gasteiger partial charge >= 0.3 is 0 Å². The van der Waals surface area contributed by atoms with Crippen LogP contribution in [0.2, 0.25) is 0 Å². The van der Waals surface area contributed by atoms with Crippen molar-refractivity contribution in [2.45, 2.75) is 108 Å². The number of nitrogens with zero attached hydrogens (tertiary/aromatic N) is 5. The van der Waals surface area contributed by atoms with Crippen molar-refractivity contribution in [2.24, 2.45) is 11.7 Å². The van der Waals surface area contributed by atoms with Crippen molar-refractivity contribution < 1.29 is 4.74 Å². The van der Waals surface area contributed by atoms with Crippen LogP contribution in [0.15, 0.2) is 6.33 Å². The summed E-state index contributed by atoms with van der Waals surface area (Å²) in [6, 6.07) is 1.20. The second-order valence-electron chi connectivity index (χ2n) is 10.9. The van der Waals surface area contributed by atoms with E-state index in [0.717, 1.165) is 75.0 Å². The van der Waals surface area contributed by atoms with Gasteiger partial charge in [-0.1, -0.05) is 26.2 Å². The quantitative estimate of drug-likeness (QED) is 0.478. The minimum absolute atomic E-state index is 0.329. The zero-order chi connectivity index (χ0) is 24.2. The molecule has 9 heteroatoms.